The first kappa shape index (κ1) is 27.3. The van der Waals surface area contributed by atoms with Gasteiger partial charge >= 0.3 is 22.9 Å². The molecule has 6 nitrogen and oxygen atoms in total. The molecular formula is C11H10F10N2O4S2. The zero-order valence-electron chi connectivity index (χ0n) is 13.7. The summed E-state index contributed by atoms with van der Waals surface area (Å²) in [7, 11) is -15.2. The summed E-state index contributed by atoms with van der Waals surface area (Å²) in [5.74, 6) is 0. The van der Waals surface area contributed by atoms with Crippen molar-refractivity contribution in [1.82, 2.24) is 0 Å². The van der Waals surface area contributed by atoms with Gasteiger partial charge in [-0.15, -0.1) is 0 Å². The Morgan fingerprint density at radius 1 is 0.690 bits per heavy atom. The molecular weight excluding hydrogens is 478 g/mol. The molecule has 18 heteroatoms. The third-order valence-electron chi connectivity index (χ3n) is 2.65. The highest BCUT2D eigenvalue weighted by Gasteiger charge is 2.68. The Bertz CT molecular complexity index is 826. The number of hydrogen-bond acceptors (Lipinski definition) is 4. The van der Waals surface area contributed by atoms with Gasteiger partial charge in [-0.1, -0.05) is 6.07 Å². The van der Waals surface area contributed by atoms with Crippen molar-refractivity contribution < 1.29 is 65.3 Å². The minimum atomic E-state index is -7.62. The summed E-state index contributed by atoms with van der Waals surface area (Å²) in [4.78, 5) is 0. The predicted octanol–water partition coefficient (Wildman–Crippen LogP) is 3.32. The summed E-state index contributed by atoms with van der Waals surface area (Å²) in [6.45, 7) is 3.18. The van der Waals surface area contributed by atoms with E-state index in [1.165, 1.54) is 0 Å². The highest BCUT2D eigenvalue weighted by molar-refractivity contribution is 8.13. The summed E-state index contributed by atoms with van der Waals surface area (Å²) in [6, 6.07) is 6.08. The van der Waals surface area contributed by atoms with Crippen LogP contribution in [-0.4, -0.2) is 39.7 Å². The van der Waals surface area contributed by atoms with Crippen molar-refractivity contribution in [1.29, 1.82) is 0 Å². The van der Waals surface area contributed by atoms with Gasteiger partial charge in [0.15, 0.2) is 32.4 Å². The first-order valence-corrected chi connectivity index (χ1v) is 9.58. The highest BCUT2D eigenvalue weighted by Crippen LogP contribution is 2.47. The van der Waals surface area contributed by atoms with Crippen molar-refractivity contribution in [3.8, 4) is 0 Å². The van der Waals surface area contributed by atoms with Gasteiger partial charge in [-0.3, -0.25) is 0 Å². The zero-order chi connectivity index (χ0) is 23.5. The van der Waals surface area contributed by atoms with Crippen LogP contribution in [0, 0.1) is 0 Å². The molecule has 0 saturated heterocycles. The third-order valence-corrected chi connectivity index (χ3v) is 5.98. The Morgan fingerprint density at radius 2 is 1.00 bits per heavy atom. The number of aryl methyl sites for hydroxylation is 1. The second-order valence-electron chi connectivity index (χ2n) is 4.76. The molecule has 0 saturated carbocycles. The molecule has 0 N–H and O–H groups in total. The normalized spacial score (nSPS) is 14.2. The molecule has 170 valence electrons. The number of nitrogens with zero attached hydrogens (tertiary/aromatic N) is 2. The van der Waals surface area contributed by atoms with E-state index in [1.807, 2.05) is 18.2 Å². The number of pyridine rings is 1. The van der Waals surface area contributed by atoms with Crippen LogP contribution in [0.4, 0.5) is 43.9 Å². The molecule has 1 aromatic heterocycles. The van der Waals surface area contributed by atoms with Gasteiger partial charge in [-0.2, -0.15) is 43.9 Å². The molecule has 0 atom stereocenters. The van der Waals surface area contributed by atoms with E-state index >= 15 is 0 Å². The van der Waals surface area contributed by atoms with Crippen LogP contribution < -0.4 is 4.57 Å². The largest absolute Gasteiger partial charge is 0.467 e. The van der Waals surface area contributed by atoms with Crippen LogP contribution in [-0.2, 0) is 26.6 Å². The van der Waals surface area contributed by atoms with Gasteiger partial charge in [0, 0.05) is 12.1 Å². The molecule has 1 rings (SSSR count). The van der Waals surface area contributed by atoms with Gasteiger partial charge in [0.25, 0.3) is 0 Å². The maximum Gasteiger partial charge on any atom is 0.467 e. The van der Waals surface area contributed by atoms with Crippen LogP contribution in [0.2, 0.25) is 0 Å². The molecule has 29 heavy (non-hydrogen) atoms. The summed E-state index contributed by atoms with van der Waals surface area (Å²) >= 11 is 0. The van der Waals surface area contributed by atoms with Crippen LogP contribution in [0.25, 0.3) is 4.13 Å². The molecule has 1 aromatic rings. The van der Waals surface area contributed by atoms with E-state index in [0.717, 1.165) is 6.54 Å². The lowest BCUT2D eigenvalue weighted by atomic mass is 10.5. The van der Waals surface area contributed by atoms with E-state index < -0.39 is 42.9 Å². The molecule has 0 aromatic carbocycles. The number of sulfonamides is 2. The molecule has 1 heterocycles. The lowest BCUT2D eigenvalue weighted by Crippen LogP contribution is -2.48. The molecule has 0 aliphatic carbocycles. The minimum Gasteiger partial charge on any atom is -0.425 e. The molecule has 0 aliphatic heterocycles. The predicted molar refractivity (Wildman–Crippen MR) is 75.5 cm³/mol. The minimum absolute atomic E-state index is 0.422. The van der Waals surface area contributed by atoms with Gasteiger partial charge < -0.3 is 4.13 Å². The highest BCUT2D eigenvalue weighted by atomic mass is 32.3. The van der Waals surface area contributed by atoms with Gasteiger partial charge in [-0.05, 0) is 6.92 Å². The summed E-state index contributed by atoms with van der Waals surface area (Å²) < 4.78 is 163. The van der Waals surface area contributed by atoms with Crippen molar-refractivity contribution in [2.24, 2.45) is 0 Å². The van der Waals surface area contributed by atoms with Crippen molar-refractivity contribution in [3.05, 3.63) is 34.7 Å². The average Bonchev–Trinajstić information content (AvgIpc) is 2.52. The Labute approximate surface area is 157 Å². The smallest absolute Gasteiger partial charge is 0.425 e. The van der Waals surface area contributed by atoms with E-state index in [9.17, 15) is 60.7 Å². The monoisotopic (exact) mass is 488 g/mol. The fraction of sp³-hybridized carbons (Fsp3) is 0.545. The third kappa shape index (κ3) is 6.14. The van der Waals surface area contributed by atoms with Crippen molar-refractivity contribution >= 4 is 20.0 Å². The Morgan fingerprint density at radius 3 is 1.21 bits per heavy atom. The van der Waals surface area contributed by atoms with Gasteiger partial charge in [-0.25, -0.2) is 21.4 Å². The van der Waals surface area contributed by atoms with Crippen molar-refractivity contribution in [3.63, 3.8) is 0 Å². The molecule has 0 aliphatic rings. The maximum absolute atomic E-state index is 12.3. The topological polar surface area (TPSA) is 86.3 Å². The van der Waals surface area contributed by atoms with E-state index in [2.05, 4.69) is 23.9 Å². The van der Waals surface area contributed by atoms with Gasteiger partial charge in [0.2, 0.25) is 0 Å². The van der Waals surface area contributed by atoms with Crippen LogP contribution in [0.1, 0.15) is 6.92 Å². The molecule has 0 bridgehead atoms. The van der Waals surface area contributed by atoms with Crippen molar-refractivity contribution in [2.75, 3.05) is 0 Å². The number of alkyl halides is 10. The molecule has 0 fully saturated rings. The van der Waals surface area contributed by atoms with E-state index in [-0.39, 0.29) is 0 Å². The fourth-order valence-electron chi connectivity index (χ4n) is 1.16. The summed E-state index contributed by atoms with van der Waals surface area (Å²) in [5.41, 5.74) is 0. The first-order valence-electron chi connectivity index (χ1n) is 6.70. The molecule has 0 radical (unpaired) electrons. The zero-order valence-corrected chi connectivity index (χ0v) is 15.4. The SMILES string of the molecule is CC[n+]1ccccc1.O=S(=O)([N-]S(=O)(=O)C(F)(F)C(F)(F)F)C(F)(F)C(F)(F)F. The molecule has 0 spiro atoms. The first-order chi connectivity index (χ1) is 12.6. The fourth-order valence-corrected chi connectivity index (χ4v) is 3.53. The summed E-state index contributed by atoms with van der Waals surface area (Å²) in [6.07, 6.45) is -9.89. The standard InChI is InChI=1S/C7H10N.C4F10NO4S2/c1-2-8-6-4-3-5-7-8;5-1(6,7)3(11,12)20(16,17)15-21(18,19)4(13,14)2(8,9)10/h3-7H,2H2,1H3;/q+1;-1. The number of hydrogen-bond donors (Lipinski definition) is 0. The van der Waals surface area contributed by atoms with Crippen molar-refractivity contribution in [2.45, 2.75) is 36.3 Å². The number of aromatic nitrogens is 1. The quantitative estimate of drug-likeness (QED) is 0.470. The van der Waals surface area contributed by atoms with Crippen LogP contribution in [0.5, 0.6) is 0 Å². The number of halogens is 10. The Balaban J connectivity index is 0.000000807. The second-order valence-corrected chi connectivity index (χ2v) is 8.28. The summed E-state index contributed by atoms with van der Waals surface area (Å²) in [5, 5.41) is -14.0. The van der Waals surface area contributed by atoms with E-state index in [0.29, 0.717) is 4.13 Å². The van der Waals surface area contributed by atoms with Crippen LogP contribution in [0.15, 0.2) is 30.6 Å². The maximum atomic E-state index is 12.3. The molecule has 0 amide bonds. The van der Waals surface area contributed by atoms with E-state index in [1.54, 1.807) is 0 Å². The second kappa shape index (κ2) is 8.58. The Hall–Kier alpha value is -1.69. The van der Waals surface area contributed by atoms with E-state index in [4.69, 9.17) is 0 Å². The number of rotatable bonds is 5. The Kier molecular flexibility index (Phi) is 8.08. The lowest BCUT2D eigenvalue weighted by molar-refractivity contribution is -0.693. The van der Waals surface area contributed by atoms with Gasteiger partial charge in [0.05, 0.1) is 0 Å². The van der Waals surface area contributed by atoms with Crippen LogP contribution in [0.3, 0.4) is 0 Å². The van der Waals surface area contributed by atoms with Gasteiger partial charge in [0.1, 0.15) is 6.54 Å². The average molecular weight is 488 g/mol. The molecule has 0 unspecified atom stereocenters. The van der Waals surface area contributed by atoms with Crippen LogP contribution >= 0.6 is 0 Å². The lowest BCUT2D eigenvalue weighted by Gasteiger charge is -2.31.